The number of halogens is 18. The van der Waals surface area contributed by atoms with Gasteiger partial charge in [-0.15, -0.1) is 11.3 Å². The van der Waals surface area contributed by atoms with Crippen molar-refractivity contribution in [1.29, 1.82) is 0 Å². The number of hydrogen-bond acceptors (Lipinski definition) is 4. The first-order valence-corrected chi connectivity index (χ1v) is 11.9. The van der Waals surface area contributed by atoms with Crippen LogP contribution in [0.25, 0.3) is 11.1 Å². The topological polar surface area (TPSA) is 55.4 Å². The Kier molecular flexibility index (Phi) is 9.61. The van der Waals surface area contributed by atoms with Crippen LogP contribution >= 0.6 is 11.3 Å². The summed E-state index contributed by atoms with van der Waals surface area (Å²) in [5, 5.41) is 0.201. The first-order chi connectivity index (χ1) is 20.0. The molecular weight excluding hydrogens is 700 g/mol. The molecule has 0 atom stereocenters. The number of anilines is 1. The molecular formula is C22H11F18NO3S. The summed E-state index contributed by atoms with van der Waals surface area (Å²) >= 11 is -0.0393. The van der Waals surface area contributed by atoms with E-state index in [9.17, 15) is 88.6 Å². The van der Waals surface area contributed by atoms with E-state index in [-0.39, 0.29) is 16.9 Å². The number of rotatable bonds is 11. The fourth-order valence-electron chi connectivity index (χ4n) is 3.19. The molecule has 1 aromatic heterocycles. The summed E-state index contributed by atoms with van der Waals surface area (Å²) in [6, 6.07) is 3.38. The van der Waals surface area contributed by atoms with Crippen molar-refractivity contribution in [3.05, 3.63) is 41.0 Å². The van der Waals surface area contributed by atoms with Gasteiger partial charge in [-0.2, -0.15) is 74.6 Å². The smallest absolute Gasteiger partial charge is 0.460 e. The zero-order valence-corrected chi connectivity index (χ0v) is 21.8. The number of carbonyl (C=O) groups excluding carboxylic acids is 2. The lowest BCUT2D eigenvalue weighted by molar-refractivity contribution is -0.459. The Balaban J connectivity index is 2.61. The predicted molar refractivity (Wildman–Crippen MR) is 115 cm³/mol. The van der Waals surface area contributed by atoms with Crippen molar-refractivity contribution in [2.45, 2.75) is 54.6 Å². The highest BCUT2D eigenvalue weighted by Crippen LogP contribution is 2.64. The molecule has 0 radical (unpaired) electrons. The maximum atomic E-state index is 14.4. The molecule has 2 aromatic rings. The fraction of sp³-hybridized carbons (Fsp3) is 0.455. The average molecular weight is 711 g/mol. The minimum absolute atomic E-state index is 0.0393. The number of esters is 1. The number of thiophene rings is 1. The molecule has 0 spiro atoms. The van der Waals surface area contributed by atoms with E-state index in [1.807, 2.05) is 0 Å². The number of nitrogens with one attached hydrogen (secondary N) is 1. The Labute approximate surface area is 240 Å². The van der Waals surface area contributed by atoms with Gasteiger partial charge in [0.1, 0.15) is 16.4 Å². The largest absolute Gasteiger partial charge is 0.462 e. The second-order valence-corrected chi connectivity index (χ2v) is 9.43. The predicted octanol–water partition coefficient (Wildman–Crippen LogP) is 8.68. The Morgan fingerprint density at radius 2 is 1.11 bits per heavy atom. The number of benzene rings is 1. The fourth-order valence-corrected chi connectivity index (χ4v) is 4.14. The molecule has 0 saturated carbocycles. The monoisotopic (exact) mass is 711 g/mol. The van der Waals surface area contributed by atoms with Crippen LogP contribution in [-0.4, -0.2) is 66.1 Å². The number of hydrogen-bond donors (Lipinski definition) is 1. The van der Waals surface area contributed by atoms with Gasteiger partial charge in [-0.05, 0) is 24.6 Å². The first-order valence-electron chi connectivity index (χ1n) is 11.1. The quantitative estimate of drug-likeness (QED) is 0.188. The van der Waals surface area contributed by atoms with Crippen molar-refractivity contribution in [2.24, 2.45) is 0 Å². The number of amides is 1. The molecule has 0 aliphatic heterocycles. The van der Waals surface area contributed by atoms with Crippen LogP contribution in [0.5, 0.6) is 0 Å². The van der Waals surface area contributed by atoms with Crippen LogP contribution in [0.3, 0.4) is 0 Å². The third kappa shape index (κ3) is 5.64. The lowest BCUT2D eigenvalue weighted by atomic mass is 9.89. The van der Waals surface area contributed by atoms with E-state index in [1.54, 1.807) is 0 Å². The Morgan fingerprint density at radius 1 is 0.689 bits per heavy atom. The standard InChI is InChI=1S/C22H11F18NO3S/c1-2-44-13(42)11-10(8-3-5-9(23)6-4-8)7-45-12(11)41-14(43)15(24,25)16(26,27)17(28,29)18(30,31)19(32,33)20(34,35)21(36,37)22(38,39)40/h3-7H,2H2,1H3,(H,41,43). The molecule has 1 N–H and O–H groups in total. The zero-order valence-electron chi connectivity index (χ0n) is 21.0. The van der Waals surface area contributed by atoms with Crippen LogP contribution in [0.4, 0.5) is 84.0 Å². The second kappa shape index (κ2) is 11.4. The van der Waals surface area contributed by atoms with E-state index in [2.05, 4.69) is 4.74 Å². The van der Waals surface area contributed by atoms with Gasteiger partial charge in [-0.3, -0.25) is 4.79 Å². The van der Waals surface area contributed by atoms with Gasteiger partial charge in [0.2, 0.25) is 0 Å². The molecule has 0 fully saturated rings. The van der Waals surface area contributed by atoms with Crippen molar-refractivity contribution in [3.8, 4) is 11.1 Å². The maximum Gasteiger partial charge on any atom is 0.460 e. The zero-order chi connectivity index (χ0) is 35.4. The van der Waals surface area contributed by atoms with Crippen LogP contribution in [0, 0.1) is 5.82 Å². The minimum atomic E-state index is -8.86. The molecule has 23 heteroatoms. The van der Waals surface area contributed by atoms with Gasteiger partial charge in [0.15, 0.2) is 0 Å². The summed E-state index contributed by atoms with van der Waals surface area (Å²) in [6.45, 7) is 0.646. The Bertz CT molecular complexity index is 1420. The Morgan fingerprint density at radius 3 is 1.53 bits per heavy atom. The number of carbonyl (C=O) groups is 2. The lowest BCUT2D eigenvalue weighted by Crippen LogP contribution is -2.75. The van der Waals surface area contributed by atoms with Gasteiger partial charge in [0, 0.05) is 10.9 Å². The molecule has 45 heavy (non-hydrogen) atoms. The van der Waals surface area contributed by atoms with Crippen LogP contribution in [-0.2, 0) is 9.53 Å². The van der Waals surface area contributed by atoms with E-state index >= 15 is 0 Å². The van der Waals surface area contributed by atoms with Crippen LogP contribution < -0.4 is 5.32 Å². The summed E-state index contributed by atoms with van der Waals surface area (Å²) in [7, 11) is 0. The molecule has 4 nitrogen and oxygen atoms in total. The second-order valence-electron chi connectivity index (χ2n) is 8.55. The third-order valence-electron chi connectivity index (χ3n) is 5.66. The van der Waals surface area contributed by atoms with Gasteiger partial charge < -0.3 is 10.1 Å². The molecule has 254 valence electrons. The molecule has 0 unspecified atom stereocenters. The average Bonchev–Trinajstić information content (AvgIpc) is 3.31. The lowest BCUT2D eigenvalue weighted by Gasteiger charge is -2.42. The minimum Gasteiger partial charge on any atom is -0.462 e. The normalized spacial score (nSPS) is 14.4. The van der Waals surface area contributed by atoms with Gasteiger partial charge >= 0.3 is 59.5 Å². The summed E-state index contributed by atoms with van der Waals surface area (Å²) in [5.74, 6) is -65.3. The number of alkyl halides is 17. The van der Waals surface area contributed by atoms with Crippen molar-refractivity contribution in [2.75, 3.05) is 11.9 Å². The third-order valence-corrected chi connectivity index (χ3v) is 6.56. The van der Waals surface area contributed by atoms with Gasteiger partial charge in [0.05, 0.1) is 6.61 Å². The van der Waals surface area contributed by atoms with E-state index < -0.39 is 88.1 Å². The molecule has 1 aromatic carbocycles. The van der Waals surface area contributed by atoms with Crippen molar-refractivity contribution < 1.29 is 93.4 Å². The highest BCUT2D eigenvalue weighted by molar-refractivity contribution is 7.15. The highest BCUT2D eigenvalue weighted by Gasteiger charge is 2.95. The van der Waals surface area contributed by atoms with Gasteiger partial charge in [0.25, 0.3) is 0 Å². The van der Waals surface area contributed by atoms with Crippen LogP contribution in [0.2, 0.25) is 0 Å². The van der Waals surface area contributed by atoms with E-state index in [0.717, 1.165) is 41.9 Å². The molecule has 0 aliphatic rings. The summed E-state index contributed by atoms with van der Waals surface area (Å²) in [4.78, 5) is 24.4. The van der Waals surface area contributed by atoms with Crippen LogP contribution in [0.1, 0.15) is 17.3 Å². The molecule has 1 heterocycles. The Hall–Kier alpha value is -3.40. The van der Waals surface area contributed by atoms with E-state index in [4.69, 9.17) is 0 Å². The van der Waals surface area contributed by atoms with Gasteiger partial charge in [-0.25, -0.2) is 9.18 Å². The maximum absolute atomic E-state index is 14.4. The van der Waals surface area contributed by atoms with Crippen molar-refractivity contribution in [3.63, 3.8) is 0 Å². The molecule has 0 saturated heterocycles. The van der Waals surface area contributed by atoms with E-state index in [0.29, 0.717) is 0 Å². The van der Waals surface area contributed by atoms with Crippen molar-refractivity contribution in [1.82, 2.24) is 0 Å². The van der Waals surface area contributed by atoms with E-state index in [1.165, 1.54) is 0 Å². The molecule has 0 bridgehead atoms. The first kappa shape index (κ1) is 37.8. The molecule has 2 rings (SSSR count). The SMILES string of the molecule is CCOC(=O)c1c(-c2ccc(F)cc2)csc1NC(=O)C(F)(F)C(F)(F)C(F)(F)C(F)(F)C(F)(F)C(F)(F)C(F)(F)C(F)(F)F. The van der Waals surface area contributed by atoms with Crippen molar-refractivity contribution >= 4 is 28.2 Å². The summed E-state index contributed by atoms with van der Waals surface area (Å²) < 4.78 is 247. The summed E-state index contributed by atoms with van der Waals surface area (Å²) in [5.41, 5.74) is -1.63. The number of ether oxygens (including phenoxy) is 1. The summed E-state index contributed by atoms with van der Waals surface area (Å²) in [6.07, 6.45) is -7.90. The molecule has 1 amide bonds. The molecule has 0 aliphatic carbocycles. The highest BCUT2D eigenvalue weighted by atomic mass is 32.1. The van der Waals surface area contributed by atoms with Gasteiger partial charge in [-0.1, -0.05) is 12.1 Å². The van der Waals surface area contributed by atoms with Crippen LogP contribution in [0.15, 0.2) is 29.6 Å².